The fraction of sp³-hybridized carbons (Fsp3) is 0.130. The Hall–Kier alpha value is -3.00. The molecule has 0 unspecified atom stereocenters. The summed E-state index contributed by atoms with van der Waals surface area (Å²) < 4.78 is 43.0. The van der Waals surface area contributed by atoms with Crippen LogP contribution in [0.1, 0.15) is 6.92 Å². The maximum atomic E-state index is 15.0. The monoisotopic (exact) mass is 424 g/mol. The molecule has 4 aromatic rings. The third-order valence-corrected chi connectivity index (χ3v) is 6.60. The Morgan fingerprint density at radius 2 is 1.73 bits per heavy atom. The Balaban J connectivity index is 1.75. The third kappa shape index (κ3) is 3.87. The van der Waals surface area contributed by atoms with Crippen LogP contribution in [0.4, 0.5) is 4.39 Å². The number of aromatic nitrogens is 1. The molecule has 0 fully saturated rings. The van der Waals surface area contributed by atoms with Gasteiger partial charge in [-0.05, 0) is 53.8 Å². The molecule has 0 aliphatic heterocycles. The minimum atomic E-state index is -3.88. The molecule has 0 radical (unpaired) electrons. The maximum absolute atomic E-state index is 15.0. The van der Waals surface area contributed by atoms with Crippen molar-refractivity contribution in [1.29, 1.82) is 0 Å². The molecular formula is C23H21FN2O3S. The van der Waals surface area contributed by atoms with E-state index in [1.165, 1.54) is 12.1 Å². The highest BCUT2D eigenvalue weighted by Crippen LogP contribution is 2.32. The van der Waals surface area contributed by atoms with Gasteiger partial charge in [0.15, 0.2) is 0 Å². The van der Waals surface area contributed by atoms with Gasteiger partial charge in [0.05, 0.1) is 11.5 Å². The summed E-state index contributed by atoms with van der Waals surface area (Å²) in [7, 11) is -3.88. The fourth-order valence-corrected chi connectivity index (χ4v) is 4.91. The minimum absolute atomic E-state index is 0.0335. The SMILES string of the molecule is C[C@@H](CO)NS(=O)(=O)c1ccccc1-c1ccc(-c2ccc3[nH]ccc3c2)c(F)c1. The summed E-state index contributed by atoms with van der Waals surface area (Å²) >= 11 is 0. The summed E-state index contributed by atoms with van der Waals surface area (Å²) in [5, 5.41) is 10.2. The first-order valence-corrected chi connectivity index (χ1v) is 11.0. The molecule has 0 aliphatic rings. The predicted octanol–water partition coefficient (Wildman–Crippen LogP) is 4.30. The zero-order valence-electron chi connectivity index (χ0n) is 16.3. The number of aliphatic hydroxyl groups excluding tert-OH is 1. The van der Waals surface area contributed by atoms with E-state index in [1.807, 2.05) is 30.5 Å². The van der Waals surface area contributed by atoms with Crippen LogP contribution in [0.15, 0.2) is 77.8 Å². The Morgan fingerprint density at radius 3 is 2.50 bits per heavy atom. The Morgan fingerprint density at radius 1 is 1.00 bits per heavy atom. The Labute approximate surface area is 174 Å². The summed E-state index contributed by atoms with van der Waals surface area (Å²) in [6, 6.07) is 18.1. The van der Waals surface area contributed by atoms with E-state index in [2.05, 4.69) is 9.71 Å². The highest BCUT2D eigenvalue weighted by Gasteiger charge is 2.21. The predicted molar refractivity (Wildman–Crippen MR) is 116 cm³/mol. The van der Waals surface area contributed by atoms with E-state index in [4.69, 9.17) is 0 Å². The van der Waals surface area contributed by atoms with Crippen molar-refractivity contribution >= 4 is 20.9 Å². The summed E-state index contributed by atoms with van der Waals surface area (Å²) in [4.78, 5) is 3.14. The lowest BCUT2D eigenvalue weighted by Crippen LogP contribution is -2.35. The number of nitrogens with one attached hydrogen (secondary N) is 2. The van der Waals surface area contributed by atoms with Gasteiger partial charge in [0, 0.05) is 28.9 Å². The van der Waals surface area contributed by atoms with Gasteiger partial charge in [0.25, 0.3) is 0 Å². The van der Waals surface area contributed by atoms with E-state index in [1.54, 1.807) is 37.3 Å². The summed E-state index contributed by atoms with van der Waals surface area (Å²) in [6.45, 7) is 1.24. The highest BCUT2D eigenvalue weighted by molar-refractivity contribution is 7.89. The summed E-state index contributed by atoms with van der Waals surface area (Å²) in [6.07, 6.45) is 1.83. The molecule has 0 amide bonds. The van der Waals surface area contributed by atoms with Gasteiger partial charge in [-0.1, -0.05) is 36.4 Å². The topological polar surface area (TPSA) is 82.2 Å². The van der Waals surface area contributed by atoms with Gasteiger partial charge in [0.2, 0.25) is 10.0 Å². The average Bonchev–Trinajstić information content (AvgIpc) is 3.21. The molecule has 154 valence electrons. The van der Waals surface area contributed by atoms with Crippen molar-refractivity contribution in [2.24, 2.45) is 0 Å². The van der Waals surface area contributed by atoms with Crippen molar-refractivity contribution < 1.29 is 17.9 Å². The number of sulfonamides is 1. The number of hydrogen-bond donors (Lipinski definition) is 3. The number of aromatic amines is 1. The zero-order chi connectivity index (χ0) is 21.3. The number of H-pyrrole nitrogens is 1. The van der Waals surface area contributed by atoms with Gasteiger partial charge in [0.1, 0.15) is 5.82 Å². The lowest BCUT2D eigenvalue weighted by atomic mass is 9.99. The van der Waals surface area contributed by atoms with Crippen molar-refractivity contribution in [3.8, 4) is 22.3 Å². The number of hydrogen-bond acceptors (Lipinski definition) is 3. The molecule has 3 aromatic carbocycles. The lowest BCUT2D eigenvalue weighted by molar-refractivity contribution is 0.265. The smallest absolute Gasteiger partial charge is 0.241 e. The van der Waals surface area contributed by atoms with Crippen LogP contribution in [0, 0.1) is 5.82 Å². The molecule has 1 atom stereocenters. The molecule has 4 rings (SSSR count). The van der Waals surface area contributed by atoms with Crippen LogP contribution in [0.3, 0.4) is 0 Å². The molecule has 0 aliphatic carbocycles. The molecule has 7 heteroatoms. The normalized spacial score (nSPS) is 12.9. The largest absolute Gasteiger partial charge is 0.395 e. The standard InChI is InChI=1S/C23H21FN2O3S/c1-15(14-27)26-30(28,29)23-5-3-2-4-20(23)17-6-8-19(21(24)13-17)16-7-9-22-18(12-16)10-11-25-22/h2-13,15,25-27H,14H2,1H3/t15-/m0/s1. The zero-order valence-corrected chi connectivity index (χ0v) is 17.1. The summed E-state index contributed by atoms with van der Waals surface area (Å²) in [5.41, 5.74) is 3.00. The van der Waals surface area contributed by atoms with Gasteiger partial charge in [-0.2, -0.15) is 0 Å². The van der Waals surface area contributed by atoms with Gasteiger partial charge >= 0.3 is 0 Å². The third-order valence-electron chi connectivity index (χ3n) is 4.95. The van der Waals surface area contributed by atoms with Crippen LogP contribution >= 0.6 is 0 Å². The highest BCUT2D eigenvalue weighted by atomic mass is 32.2. The summed E-state index contributed by atoms with van der Waals surface area (Å²) in [5.74, 6) is -0.439. The van der Waals surface area contributed by atoms with Gasteiger partial charge < -0.3 is 10.1 Å². The van der Waals surface area contributed by atoms with Crippen LogP contribution in [0.2, 0.25) is 0 Å². The first kappa shape index (κ1) is 20.3. The molecule has 3 N–H and O–H groups in total. The van der Waals surface area contributed by atoms with Crippen molar-refractivity contribution in [1.82, 2.24) is 9.71 Å². The number of aliphatic hydroxyl groups is 1. The van der Waals surface area contributed by atoms with E-state index < -0.39 is 21.9 Å². The van der Waals surface area contributed by atoms with Crippen LogP contribution in [-0.2, 0) is 10.0 Å². The Bertz CT molecular complexity index is 1320. The quantitative estimate of drug-likeness (QED) is 0.432. The van der Waals surface area contributed by atoms with Crippen LogP contribution in [0.25, 0.3) is 33.2 Å². The second-order valence-electron chi connectivity index (χ2n) is 7.18. The Kier molecular flexibility index (Phi) is 5.42. The minimum Gasteiger partial charge on any atom is -0.395 e. The maximum Gasteiger partial charge on any atom is 0.241 e. The van der Waals surface area contributed by atoms with E-state index >= 15 is 4.39 Å². The molecule has 1 heterocycles. The van der Waals surface area contributed by atoms with Crippen molar-refractivity contribution in [2.45, 2.75) is 17.9 Å². The van der Waals surface area contributed by atoms with Crippen molar-refractivity contribution in [3.05, 3.63) is 78.7 Å². The number of fused-ring (bicyclic) bond motifs is 1. The van der Waals surface area contributed by atoms with E-state index in [9.17, 15) is 13.5 Å². The van der Waals surface area contributed by atoms with Crippen LogP contribution in [0.5, 0.6) is 0 Å². The average molecular weight is 424 g/mol. The van der Waals surface area contributed by atoms with Gasteiger partial charge in [-0.3, -0.25) is 0 Å². The number of rotatable bonds is 6. The molecular weight excluding hydrogens is 403 g/mol. The molecule has 0 saturated heterocycles. The molecule has 0 bridgehead atoms. The first-order valence-electron chi connectivity index (χ1n) is 9.49. The molecule has 1 aromatic heterocycles. The second kappa shape index (κ2) is 8.02. The molecule has 0 spiro atoms. The van der Waals surface area contributed by atoms with E-state index in [0.29, 0.717) is 16.7 Å². The molecule has 0 saturated carbocycles. The van der Waals surface area contributed by atoms with E-state index in [0.717, 1.165) is 16.5 Å². The lowest BCUT2D eigenvalue weighted by Gasteiger charge is -2.15. The fourth-order valence-electron chi connectivity index (χ4n) is 3.44. The van der Waals surface area contributed by atoms with Crippen molar-refractivity contribution in [2.75, 3.05) is 6.61 Å². The van der Waals surface area contributed by atoms with E-state index in [-0.39, 0.29) is 11.5 Å². The van der Waals surface area contributed by atoms with Crippen LogP contribution in [-0.4, -0.2) is 31.2 Å². The number of benzene rings is 3. The number of halogens is 1. The van der Waals surface area contributed by atoms with Crippen LogP contribution < -0.4 is 4.72 Å². The second-order valence-corrected chi connectivity index (χ2v) is 8.86. The van der Waals surface area contributed by atoms with Gasteiger partial charge in [-0.25, -0.2) is 17.5 Å². The van der Waals surface area contributed by atoms with Crippen molar-refractivity contribution in [3.63, 3.8) is 0 Å². The first-order chi connectivity index (χ1) is 14.4. The molecule has 30 heavy (non-hydrogen) atoms. The van der Waals surface area contributed by atoms with Gasteiger partial charge in [-0.15, -0.1) is 0 Å². The molecule has 5 nitrogen and oxygen atoms in total.